The molecule has 0 spiro atoms. The first kappa shape index (κ1) is 27.3. The van der Waals surface area contributed by atoms with Gasteiger partial charge >= 0.3 is 0 Å². The molecular weight excluding hydrogens is 544 g/mol. The lowest BCUT2D eigenvalue weighted by molar-refractivity contribution is -0.118. The lowest BCUT2D eigenvalue weighted by Crippen LogP contribution is -2.20. The summed E-state index contributed by atoms with van der Waals surface area (Å²) in [5, 5.41) is 5.57. The maximum atomic E-state index is 12.6. The minimum absolute atomic E-state index is 0.164. The van der Waals surface area contributed by atoms with Crippen molar-refractivity contribution in [1.29, 1.82) is 0 Å². The van der Waals surface area contributed by atoms with E-state index in [-0.39, 0.29) is 11.7 Å². The van der Waals surface area contributed by atoms with Crippen molar-refractivity contribution in [3.63, 3.8) is 0 Å². The van der Waals surface area contributed by atoms with Crippen LogP contribution in [-0.2, 0) is 17.9 Å². The van der Waals surface area contributed by atoms with E-state index in [1.54, 1.807) is 13.3 Å². The summed E-state index contributed by atoms with van der Waals surface area (Å²) >= 11 is 7.41. The van der Waals surface area contributed by atoms with Crippen LogP contribution in [0.25, 0.3) is 11.0 Å². The molecule has 5 aromatic rings. The largest absolute Gasteiger partial charge is 0.493 e. The summed E-state index contributed by atoms with van der Waals surface area (Å²) in [4.78, 5) is 17.3. The molecular formula is C31H27ClN4O3S. The summed E-state index contributed by atoms with van der Waals surface area (Å²) in [5.41, 5.74) is 7.40. The number of hydrazone groups is 1. The molecule has 9 heteroatoms. The van der Waals surface area contributed by atoms with Crippen LogP contribution in [0.5, 0.6) is 11.5 Å². The van der Waals surface area contributed by atoms with Gasteiger partial charge in [-0.15, -0.1) is 0 Å². The average Bonchev–Trinajstić information content (AvgIpc) is 3.34. The second-order valence-electron chi connectivity index (χ2n) is 8.86. The van der Waals surface area contributed by atoms with E-state index in [0.717, 1.165) is 32.9 Å². The molecule has 202 valence electrons. The maximum Gasteiger partial charge on any atom is 0.250 e. The van der Waals surface area contributed by atoms with Crippen molar-refractivity contribution >= 4 is 46.5 Å². The van der Waals surface area contributed by atoms with Crippen molar-refractivity contribution in [2.24, 2.45) is 5.10 Å². The molecule has 0 bridgehead atoms. The topological polar surface area (TPSA) is 77.7 Å². The minimum atomic E-state index is -0.235. The fraction of sp³-hybridized carbons (Fsp3) is 0.129. The number of carbonyl (C=O) groups is 1. The number of fused-ring (bicyclic) bond motifs is 1. The highest BCUT2D eigenvalue weighted by Gasteiger charge is 2.13. The van der Waals surface area contributed by atoms with Gasteiger partial charge in [-0.1, -0.05) is 78.0 Å². The molecule has 1 aromatic heterocycles. The van der Waals surface area contributed by atoms with Crippen LogP contribution in [0.3, 0.4) is 0 Å². The Morgan fingerprint density at radius 3 is 2.55 bits per heavy atom. The lowest BCUT2D eigenvalue weighted by atomic mass is 10.2. The predicted molar refractivity (Wildman–Crippen MR) is 161 cm³/mol. The van der Waals surface area contributed by atoms with E-state index in [1.807, 2.05) is 97.1 Å². The second-order valence-corrected chi connectivity index (χ2v) is 10.2. The number of methoxy groups -OCH3 is 1. The first-order valence-corrected chi connectivity index (χ1v) is 13.9. The van der Waals surface area contributed by atoms with Crippen LogP contribution < -0.4 is 14.9 Å². The smallest absolute Gasteiger partial charge is 0.250 e. The number of nitrogens with one attached hydrogen (secondary N) is 1. The van der Waals surface area contributed by atoms with E-state index in [4.69, 9.17) is 26.1 Å². The molecule has 4 aromatic carbocycles. The Bertz CT molecular complexity index is 1620. The lowest BCUT2D eigenvalue weighted by Gasteiger charge is -2.11. The summed E-state index contributed by atoms with van der Waals surface area (Å²) in [6.45, 7) is 1.05. The molecule has 1 heterocycles. The van der Waals surface area contributed by atoms with Crippen LogP contribution in [0.4, 0.5) is 0 Å². The van der Waals surface area contributed by atoms with Gasteiger partial charge in [-0.05, 0) is 59.2 Å². The number of imidazole rings is 1. The number of ether oxygens (including phenoxy) is 2. The van der Waals surface area contributed by atoms with Crippen LogP contribution in [0.15, 0.2) is 107 Å². The van der Waals surface area contributed by atoms with E-state index < -0.39 is 0 Å². The van der Waals surface area contributed by atoms with Crippen molar-refractivity contribution in [2.45, 2.75) is 18.3 Å². The monoisotopic (exact) mass is 570 g/mol. The summed E-state index contributed by atoms with van der Waals surface area (Å²) in [7, 11) is 1.59. The van der Waals surface area contributed by atoms with Gasteiger partial charge in [0.1, 0.15) is 6.61 Å². The van der Waals surface area contributed by atoms with Crippen molar-refractivity contribution < 1.29 is 14.3 Å². The molecule has 0 unspecified atom stereocenters. The minimum Gasteiger partial charge on any atom is -0.493 e. The Labute approximate surface area is 241 Å². The molecule has 0 atom stereocenters. The van der Waals surface area contributed by atoms with Gasteiger partial charge in [0.25, 0.3) is 5.91 Å². The van der Waals surface area contributed by atoms with E-state index >= 15 is 0 Å². The molecule has 0 saturated carbocycles. The highest BCUT2D eigenvalue weighted by Crippen LogP contribution is 2.29. The zero-order chi connectivity index (χ0) is 27.7. The molecule has 40 heavy (non-hydrogen) atoms. The fourth-order valence-electron chi connectivity index (χ4n) is 4.05. The molecule has 1 amide bonds. The van der Waals surface area contributed by atoms with Gasteiger partial charge in [0.15, 0.2) is 16.7 Å². The van der Waals surface area contributed by atoms with Gasteiger partial charge in [-0.3, -0.25) is 4.79 Å². The molecule has 1 N–H and O–H groups in total. The molecule has 0 aliphatic heterocycles. The Balaban J connectivity index is 1.19. The summed E-state index contributed by atoms with van der Waals surface area (Å²) in [6, 6.07) is 31.1. The Hall–Kier alpha value is -4.27. The number of nitrogens with zero attached hydrogens (tertiary/aromatic N) is 3. The number of amides is 1. The number of para-hydroxylation sites is 2. The quantitative estimate of drug-likeness (QED) is 0.110. The number of halogens is 1. The van der Waals surface area contributed by atoms with Gasteiger partial charge in [0, 0.05) is 5.02 Å². The van der Waals surface area contributed by atoms with Crippen molar-refractivity contribution in [2.75, 3.05) is 12.9 Å². The highest BCUT2D eigenvalue weighted by molar-refractivity contribution is 7.99. The van der Waals surface area contributed by atoms with E-state index in [1.165, 1.54) is 11.8 Å². The Morgan fingerprint density at radius 2 is 1.75 bits per heavy atom. The van der Waals surface area contributed by atoms with Crippen LogP contribution >= 0.6 is 23.4 Å². The summed E-state index contributed by atoms with van der Waals surface area (Å²) < 4.78 is 13.5. The number of benzene rings is 4. The predicted octanol–water partition coefficient (Wildman–Crippen LogP) is 6.57. The normalized spacial score (nSPS) is 11.2. The van der Waals surface area contributed by atoms with Crippen molar-refractivity contribution in [3.8, 4) is 11.5 Å². The third kappa shape index (κ3) is 7.02. The summed E-state index contributed by atoms with van der Waals surface area (Å²) in [5.74, 6) is 1.14. The van der Waals surface area contributed by atoms with Crippen molar-refractivity contribution in [3.05, 3.63) is 119 Å². The van der Waals surface area contributed by atoms with Gasteiger partial charge in [0.05, 0.1) is 36.7 Å². The molecule has 0 aliphatic rings. The fourth-order valence-corrected chi connectivity index (χ4v) is 4.98. The zero-order valence-corrected chi connectivity index (χ0v) is 23.4. The van der Waals surface area contributed by atoms with Gasteiger partial charge in [-0.25, -0.2) is 10.4 Å². The number of thioether (sulfide) groups is 1. The first-order chi connectivity index (χ1) is 19.6. The van der Waals surface area contributed by atoms with Crippen LogP contribution in [0, 0.1) is 0 Å². The number of carbonyl (C=O) groups excluding carboxylic acids is 1. The van der Waals surface area contributed by atoms with Crippen LogP contribution in [0.2, 0.25) is 5.02 Å². The third-order valence-electron chi connectivity index (χ3n) is 6.03. The number of rotatable bonds is 11. The molecule has 5 rings (SSSR count). The van der Waals surface area contributed by atoms with E-state index in [0.29, 0.717) is 29.7 Å². The van der Waals surface area contributed by atoms with Crippen LogP contribution in [-0.4, -0.2) is 34.5 Å². The Kier molecular flexibility index (Phi) is 9.00. The van der Waals surface area contributed by atoms with Crippen molar-refractivity contribution in [1.82, 2.24) is 15.0 Å². The van der Waals surface area contributed by atoms with Gasteiger partial charge in [-0.2, -0.15) is 5.10 Å². The molecule has 0 aliphatic carbocycles. The first-order valence-electron chi connectivity index (χ1n) is 12.6. The van der Waals surface area contributed by atoms with Gasteiger partial charge < -0.3 is 14.0 Å². The third-order valence-corrected chi connectivity index (χ3v) is 7.26. The second kappa shape index (κ2) is 13.2. The van der Waals surface area contributed by atoms with E-state index in [2.05, 4.69) is 15.1 Å². The number of hydrogen-bond donors (Lipinski definition) is 1. The summed E-state index contributed by atoms with van der Waals surface area (Å²) in [6.07, 6.45) is 1.57. The Morgan fingerprint density at radius 1 is 0.975 bits per heavy atom. The number of hydrogen-bond acceptors (Lipinski definition) is 6. The van der Waals surface area contributed by atoms with E-state index in [9.17, 15) is 4.79 Å². The average molecular weight is 571 g/mol. The molecule has 0 fully saturated rings. The molecule has 7 nitrogen and oxygen atoms in total. The van der Waals surface area contributed by atoms with Crippen LogP contribution in [0.1, 0.15) is 16.7 Å². The maximum absolute atomic E-state index is 12.6. The molecule has 0 saturated heterocycles. The SMILES string of the molecule is COc1cc(C=NNC(=O)CSc2nc3ccccc3n2Cc2ccc(Cl)cc2)ccc1OCc1ccccc1. The zero-order valence-electron chi connectivity index (χ0n) is 21.8. The molecule has 0 radical (unpaired) electrons. The standard InChI is InChI=1S/C31H27ClN4O3S/c1-38-29-17-24(13-16-28(29)39-20-23-7-3-2-4-8-23)18-33-35-30(37)21-40-31-34-26-9-5-6-10-27(26)36(31)19-22-11-14-25(32)15-12-22/h2-18H,19-21H2,1H3,(H,35,37). The highest BCUT2D eigenvalue weighted by atomic mass is 35.5. The number of aromatic nitrogens is 2. The van der Waals surface area contributed by atoms with Gasteiger partial charge in [0.2, 0.25) is 0 Å².